The second kappa shape index (κ2) is 6.40. The maximum atomic E-state index is 11.1. The van der Waals surface area contributed by atoms with Crippen LogP contribution < -0.4 is 4.74 Å². The monoisotopic (exact) mass is 377 g/mol. The Labute approximate surface area is 145 Å². The molecule has 130 valence electrons. The molecule has 1 unspecified atom stereocenters. The third kappa shape index (κ3) is 2.92. The van der Waals surface area contributed by atoms with Crippen LogP contribution in [-0.2, 0) is 9.53 Å². The van der Waals surface area contributed by atoms with Crippen LogP contribution >= 0.6 is 23.2 Å². The summed E-state index contributed by atoms with van der Waals surface area (Å²) in [5.74, 6) is -1.38. The highest BCUT2D eigenvalue weighted by Gasteiger charge is 2.48. The number of carbonyl (C=O) groups is 1. The number of aromatic nitrogens is 1. The summed E-state index contributed by atoms with van der Waals surface area (Å²) in [5.41, 5.74) is 0.486. The van der Waals surface area contributed by atoms with Crippen LogP contribution in [0.3, 0.4) is 0 Å². The molecule has 10 heteroatoms. The van der Waals surface area contributed by atoms with Gasteiger partial charge in [0.2, 0.25) is 6.29 Å². The highest BCUT2D eigenvalue weighted by Crippen LogP contribution is 2.33. The highest BCUT2D eigenvalue weighted by molar-refractivity contribution is 6.45. The number of nitrogens with one attached hydrogen (secondary N) is 1. The zero-order valence-electron chi connectivity index (χ0n) is 11.9. The molecule has 24 heavy (non-hydrogen) atoms. The number of aliphatic hydroxyl groups is 3. The Morgan fingerprint density at radius 3 is 2.54 bits per heavy atom. The molecule has 0 bridgehead atoms. The third-order valence-corrected chi connectivity index (χ3v) is 4.52. The van der Waals surface area contributed by atoms with E-state index in [2.05, 4.69) is 4.98 Å². The van der Waals surface area contributed by atoms with Gasteiger partial charge in [0, 0.05) is 11.5 Å². The van der Waals surface area contributed by atoms with Gasteiger partial charge in [-0.1, -0.05) is 29.3 Å². The van der Waals surface area contributed by atoms with Crippen LogP contribution in [-0.4, -0.2) is 62.1 Å². The van der Waals surface area contributed by atoms with E-state index in [1.807, 2.05) is 0 Å². The van der Waals surface area contributed by atoms with Crippen molar-refractivity contribution in [2.24, 2.45) is 0 Å². The number of hydrogen-bond acceptors (Lipinski definition) is 6. The molecule has 5 atom stereocenters. The Bertz CT molecular complexity index is 780. The molecule has 0 radical (unpaired) electrons. The van der Waals surface area contributed by atoms with E-state index in [4.69, 9.17) is 37.8 Å². The van der Waals surface area contributed by atoms with Gasteiger partial charge in [0.1, 0.15) is 18.3 Å². The lowest BCUT2D eigenvalue weighted by Gasteiger charge is -2.38. The summed E-state index contributed by atoms with van der Waals surface area (Å²) in [4.78, 5) is 13.9. The van der Waals surface area contributed by atoms with Crippen LogP contribution in [0, 0.1) is 0 Å². The molecule has 0 aliphatic carbocycles. The first kappa shape index (κ1) is 17.3. The molecular weight excluding hydrogens is 365 g/mol. The molecular formula is C14H13Cl2NO7. The Hall–Kier alpha value is -1.55. The summed E-state index contributed by atoms with van der Waals surface area (Å²) >= 11 is 12.0. The van der Waals surface area contributed by atoms with Crippen LogP contribution in [0.25, 0.3) is 10.9 Å². The molecule has 1 aliphatic rings. The van der Waals surface area contributed by atoms with Crippen LogP contribution in [0.5, 0.6) is 5.88 Å². The number of rotatable bonds is 3. The van der Waals surface area contributed by atoms with Gasteiger partial charge in [-0.3, -0.25) is 0 Å². The first-order chi connectivity index (χ1) is 11.3. The predicted octanol–water partition coefficient (Wildman–Crippen LogP) is 0.746. The molecule has 1 saturated heterocycles. The van der Waals surface area contributed by atoms with Gasteiger partial charge in [0.25, 0.3) is 0 Å². The maximum Gasteiger partial charge on any atom is 0.335 e. The van der Waals surface area contributed by atoms with E-state index in [1.54, 1.807) is 18.2 Å². The number of carboxylic acid groups (broad SMARTS) is 1. The van der Waals surface area contributed by atoms with E-state index < -0.39 is 36.7 Å². The van der Waals surface area contributed by atoms with Crippen LogP contribution in [0.4, 0.5) is 0 Å². The van der Waals surface area contributed by atoms with Gasteiger partial charge in [-0.25, -0.2) is 4.79 Å². The fourth-order valence-electron chi connectivity index (χ4n) is 2.45. The SMILES string of the molecule is O=C(O)[C@H]1OC(Oc2cc3ccc(Cl)c(Cl)c3[nH]2)[C@H](O)[C@@H](O)[C@@H]1O. The number of aromatic amines is 1. The second-order valence-electron chi connectivity index (χ2n) is 5.31. The van der Waals surface area contributed by atoms with Gasteiger partial charge in [-0.2, -0.15) is 0 Å². The van der Waals surface area contributed by atoms with E-state index in [0.29, 0.717) is 15.9 Å². The van der Waals surface area contributed by atoms with E-state index in [9.17, 15) is 20.1 Å². The van der Waals surface area contributed by atoms with Crippen molar-refractivity contribution >= 4 is 40.1 Å². The molecule has 1 aromatic carbocycles. The summed E-state index contributed by atoms with van der Waals surface area (Å²) in [7, 11) is 0. The summed E-state index contributed by atoms with van der Waals surface area (Å²) < 4.78 is 10.4. The van der Waals surface area contributed by atoms with Gasteiger partial charge in [0.05, 0.1) is 15.6 Å². The molecule has 1 fully saturated rings. The first-order valence-corrected chi connectivity index (χ1v) is 7.61. The molecule has 0 amide bonds. The first-order valence-electron chi connectivity index (χ1n) is 6.85. The lowest BCUT2D eigenvalue weighted by molar-refractivity contribution is -0.271. The second-order valence-corrected chi connectivity index (χ2v) is 6.10. The zero-order valence-corrected chi connectivity index (χ0v) is 13.4. The quantitative estimate of drug-likeness (QED) is 0.532. The zero-order chi connectivity index (χ0) is 17.6. The van der Waals surface area contributed by atoms with E-state index in [1.165, 1.54) is 0 Å². The average molecular weight is 378 g/mol. The number of ether oxygens (including phenoxy) is 2. The minimum absolute atomic E-state index is 0.117. The summed E-state index contributed by atoms with van der Waals surface area (Å²) in [6.45, 7) is 0. The molecule has 3 rings (SSSR count). The largest absolute Gasteiger partial charge is 0.479 e. The molecule has 2 heterocycles. The Morgan fingerprint density at radius 2 is 1.88 bits per heavy atom. The smallest absolute Gasteiger partial charge is 0.335 e. The third-order valence-electron chi connectivity index (χ3n) is 3.72. The maximum absolute atomic E-state index is 11.1. The number of aliphatic carboxylic acids is 1. The van der Waals surface area contributed by atoms with E-state index in [0.717, 1.165) is 0 Å². The molecule has 2 aromatic rings. The molecule has 1 aromatic heterocycles. The Morgan fingerprint density at radius 1 is 1.17 bits per heavy atom. The van der Waals surface area contributed by atoms with Crippen molar-refractivity contribution in [3.05, 3.63) is 28.2 Å². The molecule has 1 aliphatic heterocycles. The van der Waals surface area contributed by atoms with Crippen molar-refractivity contribution in [2.45, 2.75) is 30.7 Å². The molecule has 8 nitrogen and oxygen atoms in total. The number of fused-ring (bicyclic) bond motifs is 1. The van der Waals surface area contributed by atoms with Gasteiger partial charge in [-0.05, 0) is 6.07 Å². The molecule has 0 spiro atoms. The fourth-order valence-corrected chi connectivity index (χ4v) is 2.83. The number of H-pyrrole nitrogens is 1. The van der Waals surface area contributed by atoms with Crippen molar-refractivity contribution < 1.29 is 34.7 Å². The van der Waals surface area contributed by atoms with E-state index in [-0.39, 0.29) is 10.9 Å². The molecule has 5 N–H and O–H groups in total. The normalized spacial score (nSPS) is 30.5. The van der Waals surface area contributed by atoms with Crippen LogP contribution in [0.2, 0.25) is 10.0 Å². The number of carboxylic acids is 1. The average Bonchev–Trinajstić information content (AvgIpc) is 2.94. The van der Waals surface area contributed by atoms with E-state index >= 15 is 0 Å². The van der Waals surface area contributed by atoms with Crippen molar-refractivity contribution in [3.63, 3.8) is 0 Å². The minimum Gasteiger partial charge on any atom is -0.479 e. The Kier molecular flexibility index (Phi) is 4.60. The van der Waals surface area contributed by atoms with Crippen molar-refractivity contribution in [2.75, 3.05) is 0 Å². The number of benzene rings is 1. The van der Waals surface area contributed by atoms with Gasteiger partial charge >= 0.3 is 5.97 Å². The van der Waals surface area contributed by atoms with Crippen molar-refractivity contribution in [3.8, 4) is 5.88 Å². The minimum atomic E-state index is -1.78. The summed E-state index contributed by atoms with van der Waals surface area (Å²) in [5, 5.41) is 39.6. The van der Waals surface area contributed by atoms with Gasteiger partial charge < -0.3 is 34.9 Å². The van der Waals surface area contributed by atoms with Crippen LogP contribution in [0.1, 0.15) is 0 Å². The Balaban J connectivity index is 1.87. The summed E-state index contributed by atoms with van der Waals surface area (Å²) in [6, 6.07) is 4.82. The predicted molar refractivity (Wildman–Crippen MR) is 83.3 cm³/mol. The lowest BCUT2D eigenvalue weighted by atomic mass is 9.99. The number of aliphatic hydroxyl groups excluding tert-OH is 3. The van der Waals surface area contributed by atoms with Gasteiger partial charge in [-0.15, -0.1) is 0 Å². The fraction of sp³-hybridized carbons (Fsp3) is 0.357. The highest BCUT2D eigenvalue weighted by atomic mass is 35.5. The van der Waals surface area contributed by atoms with Crippen LogP contribution in [0.15, 0.2) is 18.2 Å². The topological polar surface area (TPSA) is 132 Å². The number of hydrogen-bond donors (Lipinski definition) is 5. The molecule has 0 saturated carbocycles. The number of halogens is 2. The lowest BCUT2D eigenvalue weighted by Crippen LogP contribution is -2.61. The standard InChI is InChI=1S/C14H13Cl2NO7/c15-5-2-1-4-3-6(17-8(4)7(5)16)23-14-11(20)9(18)10(19)12(24-14)13(21)22/h1-3,9-12,14,17-20H,(H,21,22)/t9-,10-,11+,12-,14?/m0/s1. The van der Waals surface area contributed by atoms with Gasteiger partial charge in [0.15, 0.2) is 12.0 Å². The van der Waals surface area contributed by atoms with Crippen molar-refractivity contribution in [1.82, 2.24) is 4.98 Å². The summed E-state index contributed by atoms with van der Waals surface area (Å²) in [6.07, 6.45) is -8.43. The van der Waals surface area contributed by atoms with Crippen molar-refractivity contribution in [1.29, 1.82) is 0 Å².